The Morgan fingerprint density at radius 3 is 2.67 bits per heavy atom. The van der Waals surface area contributed by atoms with Gasteiger partial charge in [0.25, 0.3) is 0 Å². The molecule has 1 aromatic heterocycles. The van der Waals surface area contributed by atoms with Crippen LogP contribution in [0.5, 0.6) is 5.75 Å². The lowest BCUT2D eigenvalue weighted by atomic mass is 10.1. The van der Waals surface area contributed by atoms with Gasteiger partial charge >= 0.3 is 0 Å². The molecular weight excluding hydrogens is 186 g/mol. The first-order chi connectivity index (χ1) is 7.31. The zero-order valence-corrected chi connectivity index (χ0v) is 8.22. The third kappa shape index (κ3) is 1.89. The number of benzene rings is 1. The summed E-state index contributed by atoms with van der Waals surface area (Å²) in [6.07, 6.45) is 3.40. The molecular formula is C13H11NO. The average Bonchev–Trinajstić information content (AvgIpc) is 2.30. The highest BCUT2D eigenvalue weighted by molar-refractivity contribution is 5.69. The molecule has 1 heterocycles. The lowest BCUT2D eigenvalue weighted by Crippen LogP contribution is -1.83. The van der Waals surface area contributed by atoms with Crippen molar-refractivity contribution in [3.63, 3.8) is 0 Å². The maximum Gasteiger partial charge on any atom is 0.125 e. The molecule has 0 aliphatic rings. The molecule has 74 valence electrons. The summed E-state index contributed by atoms with van der Waals surface area (Å²) in [5.41, 5.74) is 2.40. The third-order valence-corrected chi connectivity index (χ3v) is 2.20. The van der Waals surface area contributed by atoms with Gasteiger partial charge in [-0.25, -0.2) is 0 Å². The second-order valence-electron chi connectivity index (χ2n) is 3.20. The molecule has 0 saturated carbocycles. The van der Waals surface area contributed by atoms with Crippen molar-refractivity contribution in [2.45, 2.75) is 0 Å². The van der Waals surface area contributed by atoms with Gasteiger partial charge in [0.05, 0.1) is 5.69 Å². The van der Waals surface area contributed by atoms with Crippen LogP contribution in [0.2, 0.25) is 0 Å². The number of phenols is 1. The molecule has 0 bridgehead atoms. The summed E-state index contributed by atoms with van der Waals surface area (Å²) in [5, 5.41) is 9.79. The lowest BCUT2D eigenvalue weighted by Gasteiger charge is -2.04. The van der Waals surface area contributed by atoms with Gasteiger partial charge in [0.1, 0.15) is 5.75 Å². The minimum absolute atomic E-state index is 0.228. The fraction of sp³-hybridized carbons (Fsp3) is 0. The fourth-order valence-corrected chi connectivity index (χ4v) is 1.41. The minimum Gasteiger partial charge on any atom is -0.507 e. The molecule has 0 saturated heterocycles. The highest BCUT2D eigenvalue weighted by atomic mass is 16.3. The van der Waals surface area contributed by atoms with E-state index in [0.717, 1.165) is 16.8 Å². The van der Waals surface area contributed by atoms with Crippen LogP contribution >= 0.6 is 0 Å². The summed E-state index contributed by atoms with van der Waals surface area (Å²) in [7, 11) is 0. The molecule has 0 atom stereocenters. The topological polar surface area (TPSA) is 33.1 Å². The van der Waals surface area contributed by atoms with E-state index in [2.05, 4.69) is 11.6 Å². The average molecular weight is 197 g/mol. The summed E-state index contributed by atoms with van der Waals surface area (Å²) in [6, 6.07) is 11.0. The molecule has 2 heteroatoms. The Balaban J connectivity index is 2.51. The normalized spacial score (nSPS) is 9.87. The van der Waals surface area contributed by atoms with E-state index in [1.807, 2.05) is 30.3 Å². The molecule has 1 N–H and O–H groups in total. The smallest absolute Gasteiger partial charge is 0.125 e. The Morgan fingerprint density at radius 2 is 2.07 bits per heavy atom. The van der Waals surface area contributed by atoms with E-state index in [9.17, 15) is 5.11 Å². The SMILES string of the molecule is C=Cc1ccc(-c2ccccn2)c(O)c1. The number of nitrogens with zero attached hydrogens (tertiary/aromatic N) is 1. The standard InChI is InChI=1S/C13H11NO/c1-2-10-6-7-11(13(15)9-10)12-5-3-4-8-14-12/h2-9,15H,1H2. The van der Waals surface area contributed by atoms with Crippen LogP contribution in [0.15, 0.2) is 49.2 Å². The quantitative estimate of drug-likeness (QED) is 0.802. The van der Waals surface area contributed by atoms with Crippen molar-refractivity contribution in [3.8, 4) is 17.0 Å². The summed E-state index contributed by atoms with van der Waals surface area (Å²) in [4.78, 5) is 4.18. The van der Waals surface area contributed by atoms with Crippen molar-refractivity contribution < 1.29 is 5.11 Å². The van der Waals surface area contributed by atoms with Crippen LogP contribution in [0.4, 0.5) is 0 Å². The molecule has 0 amide bonds. The summed E-state index contributed by atoms with van der Waals surface area (Å²) >= 11 is 0. The molecule has 1 aromatic carbocycles. The lowest BCUT2D eigenvalue weighted by molar-refractivity contribution is 0.477. The fourth-order valence-electron chi connectivity index (χ4n) is 1.41. The predicted molar refractivity (Wildman–Crippen MR) is 61.4 cm³/mol. The van der Waals surface area contributed by atoms with Crippen LogP contribution in [0.1, 0.15) is 5.56 Å². The third-order valence-electron chi connectivity index (χ3n) is 2.20. The van der Waals surface area contributed by atoms with E-state index < -0.39 is 0 Å². The van der Waals surface area contributed by atoms with Crippen LogP contribution in [-0.2, 0) is 0 Å². The number of hydrogen-bond donors (Lipinski definition) is 1. The van der Waals surface area contributed by atoms with Gasteiger partial charge in [-0.1, -0.05) is 24.8 Å². The Morgan fingerprint density at radius 1 is 1.20 bits per heavy atom. The Bertz CT molecular complexity index is 477. The Kier molecular flexibility index (Phi) is 2.50. The number of pyridine rings is 1. The van der Waals surface area contributed by atoms with E-state index >= 15 is 0 Å². The van der Waals surface area contributed by atoms with Crippen molar-refractivity contribution in [3.05, 3.63) is 54.7 Å². The number of hydrogen-bond acceptors (Lipinski definition) is 2. The Labute approximate surface area is 88.5 Å². The number of aromatic nitrogens is 1. The summed E-state index contributed by atoms with van der Waals surface area (Å²) in [5.74, 6) is 0.228. The second-order valence-corrected chi connectivity index (χ2v) is 3.20. The summed E-state index contributed by atoms with van der Waals surface area (Å²) < 4.78 is 0. The predicted octanol–water partition coefficient (Wildman–Crippen LogP) is 3.10. The van der Waals surface area contributed by atoms with Gasteiger partial charge in [0, 0.05) is 11.8 Å². The first-order valence-corrected chi connectivity index (χ1v) is 4.68. The van der Waals surface area contributed by atoms with Gasteiger partial charge < -0.3 is 5.11 Å². The molecule has 0 aliphatic carbocycles. The van der Waals surface area contributed by atoms with Gasteiger partial charge in [-0.2, -0.15) is 0 Å². The van der Waals surface area contributed by atoms with Gasteiger partial charge in [-0.3, -0.25) is 4.98 Å². The van der Waals surface area contributed by atoms with E-state index in [-0.39, 0.29) is 5.75 Å². The van der Waals surface area contributed by atoms with E-state index in [1.165, 1.54) is 0 Å². The monoisotopic (exact) mass is 197 g/mol. The highest BCUT2D eigenvalue weighted by Gasteiger charge is 2.04. The first-order valence-electron chi connectivity index (χ1n) is 4.68. The van der Waals surface area contributed by atoms with Crippen molar-refractivity contribution >= 4 is 6.08 Å². The maximum atomic E-state index is 9.79. The molecule has 0 unspecified atom stereocenters. The van der Waals surface area contributed by atoms with Crippen molar-refractivity contribution in [1.82, 2.24) is 4.98 Å². The molecule has 0 fully saturated rings. The van der Waals surface area contributed by atoms with E-state index in [4.69, 9.17) is 0 Å². The van der Waals surface area contributed by atoms with Crippen LogP contribution in [0.25, 0.3) is 17.3 Å². The van der Waals surface area contributed by atoms with E-state index in [0.29, 0.717) is 0 Å². The van der Waals surface area contributed by atoms with Gasteiger partial charge in [0.15, 0.2) is 0 Å². The molecule has 2 aromatic rings. The molecule has 0 aliphatic heterocycles. The molecule has 2 rings (SSSR count). The zero-order valence-electron chi connectivity index (χ0n) is 8.22. The van der Waals surface area contributed by atoms with Crippen LogP contribution in [-0.4, -0.2) is 10.1 Å². The van der Waals surface area contributed by atoms with Gasteiger partial charge in [0.2, 0.25) is 0 Å². The molecule has 2 nitrogen and oxygen atoms in total. The molecule has 0 spiro atoms. The van der Waals surface area contributed by atoms with Crippen LogP contribution in [0, 0.1) is 0 Å². The second kappa shape index (κ2) is 3.96. The van der Waals surface area contributed by atoms with Crippen molar-refractivity contribution in [2.24, 2.45) is 0 Å². The number of phenolic OH excluding ortho intramolecular Hbond substituents is 1. The van der Waals surface area contributed by atoms with Crippen LogP contribution in [0.3, 0.4) is 0 Å². The maximum absolute atomic E-state index is 9.79. The van der Waals surface area contributed by atoms with Crippen molar-refractivity contribution in [2.75, 3.05) is 0 Å². The van der Waals surface area contributed by atoms with Crippen molar-refractivity contribution in [1.29, 1.82) is 0 Å². The summed E-state index contributed by atoms with van der Waals surface area (Å²) in [6.45, 7) is 3.65. The molecule has 15 heavy (non-hydrogen) atoms. The Hall–Kier alpha value is -2.09. The highest BCUT2D eigenvalue weighted by Crippen LogP contribution is 2.28. The first kappa shape index (κ1) is 9.46. The molecule has 0 radical (unpaired) electrons. The van der Waals surface area contributed by atoms with E-state index in [1.54, 1.807) is 18.3 Å². The minimum atomic E-state index is 0.228. The van der Waals surface area contributed by atoms with Crippen LogP contribution < -0.4 is 0 Å². The largest absolute Gasteiger partial charge is 0.507 e. The van der Waals surface area contributed by atoms with Gasteiger partial charge in [-0.05, 0) is 29.8 Å². The number of rotatable bonds is 2. The van der Waals surface area contributed by atoms with Gasteiger partial charge in [-0.15, -0.1) is 0 Å². The number of aromatic hydroxyl groups is 1. The zero-order chi connectivity index (χ0) is 10.7.